The van der Waals surface area contributed by atoms with Crippen molar-refractivity contribution >= 4 is 35.1 Å². The first-order valence-electron chi connectivity index (χ1n) is 7.21. The van der Waals surface area contributed by atoms with E-state index in [-0.39, 0.29) is 6.04 Å². The van der Waals surface area contributed by atoms with E-state index in [0.29, 0.717) is 10.0 Å². The van der Waals surface area contributed by atoms with Crippen molar-refractivity contribution in [3.8, 4) is 0 Å². The van der Waals surface area contributed by atoms with Crippen LogP contribution in [0, 0.1) is 0 Å². The standard InChI is InChI=1S/C19H15Cl2NS/c20-16-11-12-18(17(21)13-16)23-22-19(14-7-3-1-4-8-14)15-9-5-2-6-10-15/h1-13,19,22H. The summed E-state index contributed by atoms with van der Waals surface area (Å²) in [5.74, 6) is 0. The van der Waals surface area contributed by atoms with Crippen LogP contribution in [0.1, 0.15) is 17.2 Å². The molecule has 23 heavy (non-hydrogen) atoms. The van der Waals surface area contributed by atoms with Gasteiger partial charge < -0.3 is 0 Å². The molecule has 0 radical (unpaired) electrons. The largest absolute Gasteiger partial charge is 0.248 e. The predicted molar refractivity (Wildman–Crippen MR) is 100 cm³/mol. The Morgan fingerprint density at radius 1 is 0.739 bits per heavy atom. The van der Waals surface area contributed by atoms with E-state index in [9.17, 15) is 0 Å². The van der Waals surface area contributed by atoms with E-state index in [1.807, 2.05) is 48.5 Å². The second kappa shape index (κ2) is 7.89. The third-order valence-corrected chi connectivity index (χ3v) is 5.04. The van der Waals surface area contributed by atoms with Crippen LogP contribution in [0.2, 0.25) is 10.0 Å². The summed E-state index contributed by atoms with van der Waals surface area (Å²) in [6, 6.07) is 26.3. The van der Waals surface area contributed by atoms with Crippen molar-refractivity contribution in [3.05, 3.63) is 100 Å². The third kappa shape index (κ3) is 4.30. The normalized spacial score (nSPS) is 10.9. The monoisotopic (exact) mass is 359 g/mol. The highest BCUT2D eigenvalue weighted by atomic mass is 35.5. The Labute approximate surface area is 150 Å². The molecule has 0 spiro atoms. The number of rotatable bonds is 5. The van der Waals surface area contributed by atoms with Crippen LogP contribution in [0.5, 0.6) is 0 Å². The molecule has 0 aliphatic carbocycles. The number of benzene rings is 3. The van der Waals surface area contributed by atoms with Crippen LogP contribution in [-0.2, 0) is 0 Å². The minimum atomic E-state index is 0.0779. The molecule has 0 saturated heterocycles. The topological polar surface area (TPSA) is 12.0 Å². The lowest BCUT2D eigenvalue weighted by atomic mass is 10.00. The zero-order valence-electron chi connectivity index (χ0n) is 12.2. The van der Waals surface area contributed by atoms with E-state index in [1.54, 1.807) is 6.07 Å². The molecule has 0 aromatic heterocycles. The minimum Gasteiger partial charge on any atom is -0.248 e. The quantitative estimate of drug-likeness (QED) is 0.530. The molecule has 0 atom stereocenters. The molecule has 0 bridgehead atoms. The Morgan fingerprint density at radius 2 is 1.30 bits per heavy atom. The molecular weight excluding hydrogens is 345 g/mol. The van der Waals surface area contributed by atoms with Gasteiger partial charge in [0.2, 0.25) is 0 Å². The maximum atomic E-state index is 6.26. The number of halogens is 2. The average Bonchev–Trinajstić information content (AvgIpc) is 2.59. The summed E-state index contributed by atoms with van der Waals surface area (Å²) in [4.78, 5) is 0.952. The lowest BCUT2D eigenvalue weighted by Crippen LogP contribution is -2.15. The van der Waals surface area contributed by atoms with Crippen molar-refractivity contribution in [2.75, 3.05) is 0 Å². The molecule has 4 heteroatoms. The SMILES string of the molecule is Clc1ccc(SNC(c2ccccc2)c2ccccc2)c(Cl)c1. The minimum absolute atomic E-state index is 0.0779. The molecule has 0 unspecified atom stereocenters. The Bertz CT molecular complexity index is 723. The summed E-state index contributed by atoms with van der Waals surface area (Å²) in [6.45, 7) is 0. The van der Waals surface area contributed by atoms with E-state index in [0.717, 1.165) is 4.90 Å². The van der Waals surface area contributed by atoms with E-state index in [1.165, 1.54) is 23.1 Å². The van der Waals surface area contributed by atoms with E-state index >= 15 is 0 Å². The van der Waals surface area contributed by atoms with Crippen molar-refractivity contribution in [2.24, 2.45) is 0 Å². The summed E-state index contributed by atoms with van der Waals surface area (Å²) in [5, 5.41) is 1.29. The van der Waals surface area contributed by atoms with Gasteiger partial charge in [-0.2, -0.15) is 0 Å². The van der Waals surface area contributed by atoms with Gasteiger partial charge in [-0.3, -0.25) is 0 Å². The first-order chi connectivity index (χ1) is 11.2. The van der Waals surface area contributed by atoms with Gasteiger partial charge in [0.1, 0.15) is 0 Å². The molecule has 0 fully saturated rings. The Hall–Kier alpha value is -1.45. The van der Waals surface area contributed by atoms with Crippen molar-refractivity contribution in [2.45, 2.75) is 10.9 Å². The van der Waals surface area contributed by atoms with Crippen LogP contribution >= 0.6 is 35.1 Å². The second-order valence-electron chi connectivity index (χ2n) is 5.05. The summed E-state index contributed by atoms with van der Waals surface area (Å²) in [7, 11) is 0. The highest BCUT2D eigenvalue weighted by Crippen LogP contribution is 2.31. The summed E-state index contributed by atoms with van der Waals surface area (Å²) >= 11 is 13.7. The third-order valence-electron chi connectivity index (χ3n) is 3.45. The number of hydrogen-bond acceptors (Lipinski definition) is 2. The average molecular weight is 360 g/mol. The van der Waals surface area contributed by atoms with Crippen molar-refractivity contribution in [1.29, 1.82) is 0 Å². The smallest absolute Gasteiger partial charge is 0.0674 e. The van der Waals surface area contributed by atoms with Gasteiger partial charge in [-0.25, -0.2) is 4.72 Å². The highest BCUT2D eigenvalue weighted by Gasteiger charge is 2.14. The molecule has 3 rings (SSSR count). The lowest BCUT2D eigenvalue weighted by molar-refractivity contribution is 0.803. The summed E-state index contributed by atoms with van der Waals surface area (Å²) in [5.41, 5.74) is 2.41. The van der Waals surface area contributed by atoms with Crippen LogP contribution < -0.4 is 4.72 Å². The first-order valence-corrected chi connectivity index (χ1v) is 8.78. The molecule has 3 aromatic rings. The zero-order chi connectivity index (χ0) is 16.1. The fourth-order valence-electron chi connectivity index (χ4n) is 2.30. The summed E-state index contributed by atoms with van der Waals surface area (Å²) in [6.07, 6.45) is 0. The van der Waals surface area contributed by atoms with Crippen LogP contribution in [0.4, 0.5) is 0 Å². The molecule has 3 aromatic carbocycles. The van der Waals surface area contributed by atoms with Gasteiger partial charge in [0.25, 0.3) is 0 Å². The summed E-state index contributed by atoms with van der Waals surface area (Å²) < 4.78 is 3.52. The van der Waals surface area contributed by atoms with Crippen LogP contribution in [-0.4, -0.2) is 0 Å². The van der Waals surface area contributed by atoms with Crippen LogP contribution in [0.3, 0.4) is 0 Å². The lowest BCUT2D eigenvalue weighted by Gasteiger charge is -2.19. The van der Waals surface area contributed by atoms with Crippen molar-refractivity contribution in [3.63, 3.8) is 0 Å². The van der Waals surface area contributed by atoms with E-state index in [2.05, 4.69) is 29.0 Å². The molecule has 0 aliphatic heterocycles. The molecule has 0 heterocycles. The second-order valence-corrected chi connectivity index (χ2v) is 6.77. The van der Waals surface area contributed by atoms with Gasteiger partial charge in [-0.15, -0.1) is 0 Å². The maximum Gasteiger partial charge on any atom is 0.0674 e. The molecular formula is C19H15Cl2NS. The van der Waals surface area contributed by atoms with Gasteiger partial charge in [-0.05, 0) is 41.3 Å². The van der Waals surface area contributed by atoms with E-state index in [4.69, 9.17) is 23.2 Å². The van der Waals surface area contributed by atoms with Gasteiger partial charge >= 0.3 is 0 Å². The predicted octanol–water partition coefficient (Wildman–Crippen LogP) is 6.38. The van der Waals surface area contributed by atoms with Gasteiger partial charge in [-0.1, -0.05) is 83.9 Å². The van der Waals surface area contributed by atoms with Crippen LogP contribution in [0.15, 0.2) is 83.8 Å². The molecule has 0 amide bonds. The molecule has 1 N–H and O–H groups in total. The highest BCUT2D eigenvalue weighted by molar-refractivity contribution is 7.97. The molecule has 116 valence electrons. The Balaban J connectivity index is 1.85. The fraction of sp³-hybridized carbons (Fsp3) is 0.0526. The fourth-order valence-corrected chi connectivity index (χ4v) is 3.63. The van der Waals surface area contributed by atoms with Gasteiger partial charge in [0, 0.05) is 9.92 Å². The van der Waals surface area contributed by atoms with Gasteiger partial charge in [0.15, 0.2) is 0 Å². The van der Waals surface area contributed by atoms with E-state index < -0.39 is 0 Å². The van der Waals surface area contributed by atoms with Crippen molar-refractivity contribution < 1.29 is 0 Å². The zero-order valence-corrected chi connectivity index (χ0v) is 14.6. The van der Waals surface area contributed by atoms with Crippen molar-refractivity contribution in [1.82, 2.24) is 4.72 Å². The first kappa shape index (κ1) is 16.4. The van der Waals surface area contributed by atoms with Crippen LogP contribution in [0.25, 0.3) is 0 Å². The Morgan fingerprint density at radius 3 is 1.83 bits per heavy atom. The molecule has 1 nitrogen and oxygen atoms in total. The molecule has 0 saturated carbocycles. The Kier molecular flexibility index (Phi) is 5.63. The number of hydrogen-bond donors (Lipinski definition) is 1. The van der Waals surface area contributed by atoms with Gasteiger partial charge in [0.05, 0.1) is 11.1 Å². The number of nitrogens with one attached hydrogen (secondary N) is 1. The maximum absolute atomic E-state index is 6.26. The molecule has 0 aliphatic rings.